The van der Waals surface area contributed by atoms with Crippen molar-refractivity contribution in [3.63, 3.8) is 0 Å². The van der Waals surface area contributed by atoms with Gasteiger partial charge in [0, 0.05) is 0 Å². The molecule has 1 aliphatic heterocycles. The minimum Gasteiger partial charge on any atom is -0.392 e. The highest BCUT2D eigenvalue weighted by Gasteiger charge is 2.40. The lowest BCUT2D eigenvalue weighted by Crippen LogP contribution is -2.51. The number of hydrogen-bond donors (Lipinski definition) is 1. The van der Waals surface area contributed by atoms with Crippen molar-refractivity contribution >= 4 is 21.8 Å². The van der Waals surface area contributed by atoms with Gasteiger partial charge in [-0.25, -0.2) is 8.42 Å². The van der Waals surface area contributed by atoms with Crippen LogP contribution in [0.5, 0.6) is 0 Å². The Hall–Kier alpha value is -1.33. The van der Waals surface area contributed by atoms with Crippen molar-refractivity contribution in [2.45, 2.75) is 33.2 Å². The van der Waals surface area contributed by atoms with Crippen molar-refractivity contribution in [3.05, 3.63) is 35.4 Å². The van der Waals surface area contributed by atoms with Crippen LogP contribution in [0.2, 0.25) is 0 Å². The van der Waals surface area contributed by atoms with E-state index in [1.165, 1.54) is 10.6 Å². The number of para-hydroxylation sites is 1. The fourth-order valence-corrected chi connectivity index (χ4v) is 3.89. The first kappa shape index (κ1) is 16.7. The molecule has 1 N–H and O–H groups in total. The molecule has 0 aliphatic carbocycles. The molecule has 0 amide bonds. The first-order valence-corrected chi connectivity index (χ1v) is 8.54. The third kappa shape index (κ3) is 2.88. The number of hydrogen-bond acceptors (Lipinski definition) is 3. The van der Waals surface area contributed by atoms with E-state index in [-0.39, 0.29) is 6.61 Å². The van der Waals surface area contributed by atoms with Gasteiger partial charge in [-0.05, 0) is 37.1 Å². The molecule has 0 saturated heterocycles. The molecule has 1 aromatic rings. The van der Waals surface area contributed by atoms with Gasteiger partial charge in [-0.15, -0.1) is 0 Å². The maximum absolute atomic E-state index is 12.0. The fraction of sp³-hybridized carbons (Fsp3) is 0.467. The number of fused-ring (bicyclic) bond motifs is 1. The maximum Gasteiger partial charge on any atom is 0.233 e. The first-order valence-electron chi connectivity index (χ1n) is 6.70. The van der Waals surface area contributed by atoms with Crippen LogP contribution < -0.4 is 4.31 Å². The van der Waals surface area contributed by atoms with Crippen LogP contribution in [0, 0.1) is 0 Å². The quantitative estimate of drug-likeness (QED) is 0.913. The summed E-state index contributed by atoms with van der Waals surface area (Å²) in [7, 11) is -3.41. The topological polar surface area (TPSA) is 57.6 Å². The average molecular weight is 297 g/mol. The molecule has 1 aromatic carbocycles. The summed E-state index contributed by atoms with van der Waals surface area (Å²) in [6.45, 7) is 7.44. The zero-order valence-corrected chi connectivity index (χ0v) is 13.5. The molecule has 0 radical (unpaired) electrons. The predicted molar refractivity (Wildman–Crippen MR) is 84.3 cm³/mol. The van der Waals surface area contributed by atoms with E-state index in [4.69, 9.17) is 0 Å². The average Bonchev–Trinajstić information content (AvgIpc) is 2.37. The third-order valence-electron chi connectivity index (χ3n) is 3.28. The second kappa shape index (κ2) is 5.97. The lowest BCUT2D eigenvalue weighted by molar-refractivity contribution is 0.312. The van der Waals surface area contributed by atoms with Crippen LogP contribution in [0.25, 0.3) is 6.08 Å². The number of rotatable bonds is 2. The van der Waals surface area contributed by atoms with E-state index in [0.717, 1.165) is 5.56 Å². The highest BCUT2D eigenvalue weighted by molar-refractivity contribution is 7.92. The summed E-state index contributed by atoms with van der Waals surface area (Å²) in [5.41, 5.74) is 1.40. The van der Waals surface area contributed by atoms with Gasteiger partial charge in [-0.2, -0.15) is 0 Å². The zero-order valence-electron chi connectivity index (χ0n) is 12.7. The zero-order chi connectivity index (χ0) is 15.6. The highest BCUT2D eigenvalue weighted by atomic mass is 32.2. The van der Waals surface area contributed by atoms with Gasteiger partial charge in [0.1, 0.15) is 0 Å². The minimum absolute atomic E-state index is 0.159. The Labute approximate surface area is 121 Å². The molecule has 5 heteroatoms. The molecule has 1 aliphatic rings. The molecule has 0 saturated carbocycles. The summed E-state index contributed by atoms with van der Waals surface area (Å²) in [4.78, 5) is 0. The largest absolute Gasteiger partial charge is 0.392 e. The molecule has 0 bridgehead atoms. The van der Waals surface area contributed by atoms with E-state index < -0.39 is 15.6 Å². The van der Waals surface area contributed by atoms with Gasteiger partial charge in [0.05, 0.1) is 24.1 Å². The Balaban J connectivity index is 0.000000956. The molecular weight excluding hydrogens is 274 g/mol. The van der Waals surface area contributed by atoms with E-state index in [9.17, 15) is 13.5 Å². The van der Waals surface area contributed by atoms with E-state index >= 15 is 0 Å². The van der Waals surface area contributed by atoms with Gasteiger partial charge in [0.2, 0.25) is 10.0 Å². The van der Waals surface area contributed by atoms with E-state index in [2.05, 4.69) is 0 Å². The van der Waals surface area contributed by atoms with Crippen LogP contribution in [0.1, 0.15) is 33.3 Å². The Bertz CT molecular complexity index is 603. The molecule has 1 heterocycles. The van der Waals surface area contributed by atoms with Gasteiger partial charge in [0.15, 0.2) is 0 Å². The predicted octanol–water partition coefficient (Wildman–Crippen LogP) is 2.65. The number of aliphatic hydroxyl groups is 1. The minimum atomic E-state index is -3.41. The van der Waals surface area contributed by atoms with Crippen molar-refractivity contribution in [1.82, 2.24) is 0 Å². The highest BCUT2D eigenvalue weighted by Crippen LogP contribution is 2.40. The molecule has 4 nitrogen and oxygen atoms in total. The molecule has 0 atom stereocenters. The SMILES string of the molecule is CC.CC1(C)C(CO)=Cc2ccccc2N1S(C)(=O)=O. The van der Waals surface area contributed by atoms with E-state index in [1.807, 2.05) is 38.1 Å². The molecule has 0 fully saturated rings. The Kier molecular flexibility index (Phi) is 5.00. The lowest BCUT2D eigenvalue weighted by Gasteiger charge is -2.43. The standard InChI is InChI=1S/C13H17NO3S.C2H6/c1-13(2)11(9-15)8-10-6-4-5-7-12(10)14(13)18(3,16)17;1-2/h4-8,15H,9H2,1-3H3;1-2H3. The Morgan fingerprint density at radius 1 is 1.20 bits per heavy atom. The van der Waals surface area contributed by atoms with Crippen LogP contribution in [-0.2, 0) is 10.0 Å². The second-order valence-corrected chi connectivity index (χ2v) is 6.80. The van der Waals surface area contributed by atoms with Crippen LogP contribution in [0.4, 0.5) is 5.69 Å². The smallest absolute Gasteiger partial charge is 0.233 e. The van der Waals surface area contributed by atoms with Crippen molar-refractivity contribution in [1.29, 1.82) is 0 Å². The normalized spacial score (nSPS) is 16.7. The van der Waals surface area contributed by atoms with Crippen molar-refractivity contribution in [2.75, 3.05) is 17.2 Å². The molecule has 2 rings (SSSR count). The van der Waals surface area contributed by atoms with Crippen molar-refractivity contribution in [2.24, 2.45) is 0 Å². The fourth-order valence-electron chi connectivity index (χ4n) is 2.42. The van der Waals surface area contributed by atoms with Crippen LogP contribution in [-0.4, -0.2) is 31.9 Å². The summed E-state index contributed by atoms with van der Waals surface area (Å²) in [5.74, 6) is 0. The number of anilines is 1. The first-order chi connectivity index (χ1) is 9.28. The number of sulfonamides is 1. The molecular formula is C15H23NO3S. The number of aliphatic hydroxyl groups excluding tert-OH is 1. The number of benzene rings is 1. The molecule has 20 heavy (non-hydrogen) atoms. The monoisotopic (exact) mass is 297 g/mol. The lowest BCUT2D eigenvalue weighted by atomic mass is 9.88. The summed E-state index contributed by atoms with van der Waals surface area (Å²) < 4.78 is 25.5. The Morgan fingerprint density at radius 3 is 2.25 bits per heavy atom. The van der Waals surface area contributed by atoms with Crippen molar-refractivity contribution in [3.8, 4) is 0 Å². The third-order valence-corrected chi connectivity index (χ3v) is 4.60. The Morgan fingerprint density at radius 2 is 1.75 bits per heavy atom. The summed E-state index contributed by atoms with van der Waals surface area (Å²) in [6, 6.07) is 7.29. The van der Waals surface area contributed by atoms with Crippen molar-refractivity contribution < 1.29 is 13.5 Å². The van der Waals surface area contributed by atoms with Crippen LogP contribution in [0.3, 0.4) is 0 Å². The van der Waals surface area contributed by atoms with Gasteiger partial charge in [-0.1, -0.05) is 32.0 Å². The van der Waals surface area contributed by atoms with Gasteiger partial charge < -0.3 is 5.11 Å². The number of nitrogens with zero attached hydrogens (tertiary/aromatic N) is 1. The van der Waals surface area contributed by atoms with Gasteiger partial charge >= 0.3 is 0 Å². The van der Waals surface area contributed by atoms with Crippen LogP contribution in [0.15, 0.2) is 29.8 Å². The van der Waals surface area contributed by atoms with E-state index in [1.54, 1.807) is 19.9 Å². The summed E-state index contributed by atoms with van der Waals surface area (Å²) >= 11 is 0. The molecule has 0 aromatic heterocycles. The molecule has 112 valence electrons. The van der Waals surface area contributed by atoms with Gasteiger partial charge in [-0.3, -0.25) is 4.31 Å². The second-order valence-electron chi connectivity index (χ2n) is 4.97. The van der Waals surface area contributed by atoms with Gasteiger partial charge in [0.25, 0.3) is 0 Å². The summed E-state index contributed by atoms with van der Waals surface area (Å²) in [5, 5.41) is 9.45. The summed E-state index contributed by atoms with van der Waals surface area (Å²) in [6.07, 6.45) is 3.04. The van der Waals surface area contributed by atoms with Crippen LogP contribution >= 0.6 is 0 Å². The van der Waals surface area contributed by atoms with E-state index in [0.29, 0.717) is 11.3 Å². The molecule has 0 unspecified atom stereocenters. The maximum atomic E-state index is 12.0. The molecule has 0 spiro atoms.